The highest BCUT2D eigenvalue weighted by molar-refractivity contribution is 6.76. The van der Waals surface area contributed by atoms with Gasteiger partial charge in [0, 0.05) is 17.5 Å². The Hall–Kier alpha value is -1.78. The van der Waals surface area contributed by atoms with Crippen LogP contribution in [0.4, 0.5) is 0 Å². The Balaban J connectivity index is 2.18. The number of benzene rings is 2. The fraction of sp³-hybridized carbons (Fsp3) is 0.455. The molecular formula is C22H32NO2Si+. The number of hydrogen-bond donors (Lipinski definition) is 0. The molecule has 140 valence electrons. The summed E-state index contributed by atoms with van der Waals surface area (Å²) in [5.74, 6) is 1.66. The normalized spacial score (nSPS) is 22.6. The summed E-state index contributed by atoms with van der Waals surface area (Å²) in [6.07, 6.45) is 2.35. The summed E-state index contributed by atoms with van der Waals surface area (Å²) < 4.78 is 12.3. The van der Waals surface area contributed by atoms with E-state index in [-0.39, 0.29) is 0 Å². The fourth-order valence-corrected chi connectivity index (χ4v) is 7.19. The molecule has 0 saturated carbocycles. The van der Waals surface area contributed by atoms with Gasteiger partial charge in [-0.05, 0) is 17.7 Å². The summed E-state index contributed by atoms with van der Waals surface area (Å²) >= 11 is 0. The van der Waals surface area contributed by atoms with Crippen LogP contribution in [-0.2, 0) is 6.42 Å². The van der Waals surface area contributed by atoms with Crippen molar-refractivity contribution in [3.05, 3.63) is 59.2 Å². The Labute approximate surface area is 159 Å². The zero-order chi connectivity index (χ0) is 18.9. The van der Waals surface area contributed by atoms with Gasteiger partial charge in [-0.1, -0.05) is 50.0 Å². The Kier molecular flexibility index (Phi) is 5.18. The number of ether oxygens (including phenoxy) is 2. The van der Waals surface area contributed by atoms with Gasteiger partial charge in [0.1, 0.15) is 14.1 Å². The van der Waals surface area contributed by atoms with E-state index in [0.29, 0.717) is 6.04 Å². The number of hydrogen-bond acceptors (Lipinski definition) is 2. The lowest BCUT2D eigenvalue weighted by atomic mass is 9.86. The number of rotatable bonds is 5. The smallest absolute Gasteiger partial charge is 0.161 e. The third kappa shape index (κ3) is 3.67. The van der Waals surface area contributed by atoms with Crippen molar-refractivity contribution in [2.45, 2.75) is 32.1 Å². The summed E-state index contributed by atoms with van der Waals surface area (Å²) in [6.45, 7) is 8.58. The molecule has 1 aliphatic heterocycles. The number of nitrogens with zero attached hydrogens (tertiary/aromatic N) is 1. The molecule has 0 unspecified atom stereocenters. The lowest BCUT2D eigenvalue weighted by Crippen LogP contribution is -2.58. The van der Waals surface area contributed by atoms with Gasteiger partial charge in [-0.3, -0.25) is 0 Å². The van der Waals surface area contributed by atoms with E-state index in [1.807, 2.05) is 0 Å². The van der Waals surface area contributed by atoms with Gasteiger partial charge in [0.25, 0.3) is 0 Å². The van der Waals surface area contributed by atoms with Gasteiger partial charge >= 0.3 is 0 Å². The summed E-state index contributed by atoms with van der Waals surface area (Å²) in [5.41, 5.74) is 4.17. The van der Waals surface area contributed by atoms with Crippen molar-refractivity contribution < 1.29 is 14.0 Å². The van der Waals surface area contributed by atoms with Crippen LogP contribution in [0, 0.1) is 0 Å². The molecule has 0 bridgehead atoms. The minimum absolute atomic E-state index is 0.339. The van der Waals surface area contributed by atoms with Crippen LogP contribution in [0.1, 0.15) is 22.7 Å². The van der Waals surface area contributed by atoms with Gasteiger partial charge in [-0.15, -0.1) is 0 Å². The predicted octanol–water partition coefficient (Wildman–Crippen LogP) is 4.67. The monoisotopic (exact) mass is 370 g/mol. The van der Waals surface area contributed by atoms with Crippen molar-refractivity contribution in [3.63, 3.8) is 0 Å². The van der Waals surface area contributed by atoms with Gasteiger partial charge in [0.05, 0.1) is 34.0 Å². The molecular weight excluding hydrogens is 338 g/mol. The quantitative estimate of drug-likeness (QED) is 0.562. The van der Waals surface area contributed by atoms with E-state index >= 15 is 0 Å². The molecule has 1 heterocycles. The van der Waals surface area contributed by atoms with Gasteiger partial charge < -0.3 is 14.0 Å². The summed E-state index contributed by atoms with van der Waals surface area (Å²) in [4.78, 5) is 0. The Morgan fingerprint density at radius 3 is 2.19 bits per heavy atom. The second kappa shape index (κ2) is 7.09. The number of quaternary nitrogens is 1. The largest absolute Gasteiger partial charge is 0.493 e. The number of likely N-dealkylation sites (N-methyl/N-ethyl adjacent to an activating group) is 1. The molecule has 0 amide bonds. The maximum Gasteiger partial charge on any atom is 0.161 e. The summed E-state index contributed by atoms with van der Waals surface area (Å²) in [6, 6.07) is 15.7. The van der Waals surface area contributed by atoms with Crippen LogP contribution in [0.25, 0.3) is 0 Å². The molecule has 1 aliphatic rings. The number of methoxy groups -OCH3 is 2. The molecule has 3 nitrogen and oxygen atoms in total. The molecule has 4 heteroatoms. The van der Waals surface area contributed by atoms with E-state index in [9.17, 15) is 0 Å². The van der Waals surface area contributed by atoms with Crippen molar-refractivity contribution in [3.8, 4) is 11.5 Å². The first-order valence-electron chi connectivity index (χ1n) is 9.41. The van der Waals surface area contributed by atoms with Gasteiger partial charge in [0.15, 0.2) is 11.5 Å². The van der Waals surface area contributed by atoms with E-state index in [1.165, 1.54) is 22.9 Å². The number of fused-ring (bicyclic) bond motifs is 1. The van der Waals surface area contributed by atoms with Crippen molar-refractivity contribution >= 4 is 8.07 Å². The van der Waals surface area contributed by atoms with E-state index in [1.54, 1.807) is 14.2 Å². The summed E-state index contributed by atoms with van der Waals surface area (Å²) in [5, 5.41) is 0. The molecule has 0 aliphatic carbocycles. The second-order valence-corrected chi connectivity index (χ2v) is 14.3. The van der Waals surface area contributed by atoms with Crippen LogP contribution in [0.3, 0.4) is 0 Å². The van der Waals surface area contributed by atoms with Gasteiger partial charge in [-0.2, -0.15) is 0 Å². The lowest BCUT2D eigenvalue weighted by molar-refractivity contribution is -0.926. The molecule has 3 rings (SSSR count). The third-order valence-electron chi connectivity index (χ3n) is 5.41. The van der Waals surface area contributed by atoms with Gasteiger partial charge in [-0.25, -0.2) is 0 Å². The molecule has 2 aromatic rings. The zero-order valence-electron chi connectivity index (χ0n) is 17.0. The average molecular weight is 371 g/mol. The third-order valence-corrected chi connectivity index (χ3v) is 7.08. The standard InChI is InChI=1S/C22H32NO2Si/c1-23(16-26(4,5)6)13-12-18-14-20(24-2)21(25-3)15-19(18)22(23)17-10-8-7-9-11-17/h7-11,14-15,22H,12-13,16H2,1-6H3/q+1/t22-,23-/m0/s1. The first-order valence-corrected chi connectivity index (χ1v) is 13.1. The second-order valence-electron chi connectivity index (χ2n) is 8.89. The SMILES string of the molecule is COc1cc2c(cc1OC)[C@H](c1ccccc1)[N@+](C)(C[Si](C)(C)C)CC2. The van der Waals surface area contributed by atoms with E-state index in [2.05, 4.69) is 69.2 Å². The first kappa shape index (κ1) is 19.0. The van der Waals surface area contributed by atoms with Gasteiger partial charge in [0.2, 0.25) is 0 Å². The Morgan fingerprint density at radius 1 is 1.00 bits per heavy atom. The minimum Gasteiger partial charge on any atom is -0.493 e. The lowest BCUT2D eigenvalue weighted by Gasteiger charge is -2.48. The van der Waals surface area contributed by atoms with E-state index in [0.717, 1.165) is 28.9 Å². The summed E-state index contributed by atoms with van der Waals surface area (Å²) in [7, 11) is 4.64. The topological polar surface area (TPSA) is 18.5 Å². The molecule has 26 heavy (non-hydrogen) atoms. The van der Waals surface area contributed by atoms with E-state index < -0.39 is 8.07 Å². The zero-order valence-corrected chi connectivity index (χ0v) is 18.0. The van der Waals surface area contributed by atoms with Crippen molar-refractivity contribution in [1.29, 1.82) is 0 Å². The first-order chi connectivity index (χ1) is 12.3. The van der Waals surface area contributed by atoms with Crippen LogP contribution < -0.4 is 9.47 Å². The van der Waals surface area contributed by atoms with E-state index in [4.69, 9.17) is 9.47 Å². The highest BCUT2D eigenvalue weighted by Gasteiger charge is 2.43. The van der Waals surface area contributed by atoms with Crippen molar-refractivity contribution in [2.24, 2.45) is 0 Å². The fourth-order valence-electron chi connectivity index (χ4n) is 4.68. The highest BCUT2D eigenvalue weighted by Crippen LogP contribution is 2.44. The van der Waals surface area contributed by atoms with Crippen LogP contribution in [0.15, 0.2) is 42.5 Å². The molecule has 0 radical (unpaired) electrons. The van der Waals surface area contributed by atoms with Crippen molar-refractivity contribution in [2.75, 3.05) is 34.0 Å². The highest BCUT2D eigenvalue weighted by atomic mass is 28.3. The maximum absolute atomic E-state index is 5.63. The molecule has 0 aromatic heterocycles. The van der Waals surface area contributed by atoms with Crippen LogP contribution in [0.5, 0.6) is 11.5 Å². The molecule has 2 atom stereocenters. The van der Waals surface area contributed by atoms with Crippen LogP contribution in [0.2, 0.25) is 19.6 Å². The Morgan fingerprint density at radius 2 is 1.62 bits per heavy atom. The maximum atomic E-state index is 5.63. The Bertz CT molecular complexity index is 770. The molecule has 0 spiro atoms. The molecule has 0 saturated heterocycles. The minimum atomic E-state index is -1.24. The van der Waals surface area contributed by atoms with Crippen molar-refractivity contribution in [1.82, 2.24) is 0 Å². The van der Waals surface area contributed by atoms with Crippen LogP contribution >= 0.6 is 0 Å². The molecule has 0 fully saturated rings. The molecule has 2 aromatic carbocycles. The van der Waals surface area contributed by atoms with Crippen LogP contribution in [-0.4, -0.2) is 46.5 Å². The average Bonchev–Trinajstić information content (AvgIpc) is 2.59. The predicted molar refractivity (Wildman–Crippen MR) is 111 cm³/mol. The molecule has 0 N–H and O–H groups in total.